The molecule has 1 fully saturated rings. The van der Waals surface area contributed by atoms with E-state index in [1.807, 2.05) is 0 Å². The molecular weight excluding hydrogens is 386 g/mol. The molecule has 152 valence electrons. The van der Waals surface area contributed by atoms with Gasteiger partial charge in [-0.3, -0.25) is 0 Å². The molecule has 1 saturated heterocycles. The topological polar surface area (TPSA) is 111 Å². The van der Waals surface area contributed by atoms with Crippen LogP contribution in [0, 0.1) is 5.92 Å². The smallest absolute Gasteiger partial charge is 0.319 e. The van der Waals surface area contributed by atoms with E-state index in [4.69, 9.17) is 21.4 Å². The van der Waals surface area contributed by atoms with Crippen molar-refractivity contribution in [3.63, 3.8) is 0 Å². The molecule has 1 aromatic rings. The Bertz CT molecular complexity index is 666. The van der Waals surface area contributed by atoms with Crippen molar-refractivity contribution in [3.05, 3.63) is 29.3 Å². The number of anilines is 1. The van der Waals surface area contributed by atoms with Gasteiger partial charge < -0.3 is 30.7 Å². The number of hydrogen-bond donors (Lipinski definition) is 5. The zero-order valence-corrected chi connectivity index (χ0v) is 15.5. The summed E-state index contributed by atoms with van der Waals surface area (Å²) < 4.78 is 34.2. The molecule has 0 radical (unpaired) electrons. The first-order valence-electron chi connectivity index (χ1n) is 8.38. The van der Waals surface area contributed by atoms with Crippen molar-refractivity contribution in [3.8, 4) is 0 Å². The Hall–Kier alpha value is -1.52. The van der Waals surface area contributed by atoms with Crippen LogP contribution in [0.5, 0.6) is 0 Å². The van der Waals surface area contributed by atoms with Gasteiger partial charge in [-0.05, 0) is 19.1 Å². The molecule has 1 aliphatic rings. The molecule has 0 spiro atoms. The van der Waals surface area contributed by atoms with Gasteiger partial charge in [-0.1, -0.05) is 30.7 Å². The Balaban J connectivity index is 2.17. The van der Waals surface area contributed by atoms with Gasteiger partial charge in [0.05, 0.1) is 29.5 Å². The average molecular weight is 409 g/mol. The lowest BCUT2D eigenvalue weighted by Crippen LogP contribution is -2.65. The molecule has 2 unspecified atom stereocenters. The van der Waals surface area contributed by atoms with Crippen LogP contribution in [0.2, 0.25) is 5.02 Å². The molecule has 7 atom stereocenters. The second kappa shape index (κ2) is 8.66. The lowest BCUT2D eigenvalue weighted by atomic mass is 9.82. The number of carbonyl (C=O) groups is 1. The number of aliphatic hydroxyl groups excluding tert-OH is 3. The first-order chi connectivity index (χ1) is 12.6. The Morgan fingerprint density at radius 3 is 2.63 bits per heavy atom. The number of halogens is 3. The quantitative estimate of drug-likeness (QED) is 0.508. The van der Waals surface area contributed by atoms with Crippen LogP contribution < -0.4 is 10.6 Å². The summed E-state index contributed by atoms with van der Waals surface area (Å²) in [6.45, 7) is 1.47. The number of hydrogen-bond acceptors (Lipinski definition) is 5. The van der Waals surface area contributed by atoms with E-state index < -0.39 is 54.9 Å². The van der Waals surface area contributed by atoms with Gasteiger partial charge >= 0.3 is 6.03 Å². The Morgan fingerprint density at radius 2 is 2.04 bits per heavy atom. The van der Waals surface area contributed by atoms with Gasteiger partial charge in [0.2, 0.25) is 5.85 Å². The van der Waals surface area contributed by atoms with E-state index in [1.54, 1.807) is 18.2 Å². The highest BCUT2D eigenvalue weighted by Crippen LogP contribution is 2.38. The van der Waals surface area contributed by atoms with Crippen LogP contribution in [0.3, 0.4) is 0 Å². The van der Waals surface area contributed by atoms with Gasteiger partial charge in [0, 0.05) is 5.92 Å². The minimum atomic E-state index is -2.82. The zero-order chi connectivity index (χ0) is 20.4. The van der Waals surface area contributed by atoms with Crippen molar-refractivity contribution in [2.45, 2.75) is 50.2 Å². The number of alkyl halides is 2. The number of carbonyl (C=O) groups excluding carboxylic acids is 1. The second-order valence-corrected chi connectivity index (χ2v) is 7.08. The second-order valence-electron chi connectivity index (χ2n) is 6.67. The predicted molar refractivity (Wildman–Crippen MR) is 94.9 cm³/mol. The monoisotopic (exact) mass is 408 g/mol. The van der Waals surface area contributed by atoms with Crippen LogP contribution in [-0.4, -0.2) is 64.3 Å². The van der Waals surface area contributed by atoms with E-state index in [0.717, 1.165) is 6.92 Å². The fourth-order valence-electron chi connectivity index (χ4n) is 3.01. The Kier molecular flexibility index (Phi) is 6.98. The molecule has 0 saturated carbocycles. The fraction of sp³-hybridized carbons (Fsp3) is 0.588. The van der Waals surface area contributed by atoms with Crippen molar-refractivity contribution in [2.75, 3.05) is 11.9 Å². The molecule has 10 heteroatoms. The molecule has 1 heterocycles. The summed E-state index contributed by atoms with van der Waals surface area (Å²) in [5.41, 5.74) is 0.280. The molecule has 1 aliphatic heterocycles. The van der Waals surface area contributed by atoms with Crippen LogP contribution in [0.4, 0.5) is 19.3 Å². The summed E-state index contributed by atoms with van der Waals surface area (Å²) in [5.74, 6) is -3.74. The van der Waals surface area contributed by atoms with Crippen molar-refractivity contribution < 1.29 is 33.6 Å². The van der Waals surface area contributed by atoms with Crippen molar-refractivity contribution >= 4 is 23.3 Å². The maximum atomic E-state index is 14.6. The van der Waals surface area contributed by atoms with Crippen LogP contribution in [-0.2, 0) is 4.74 Å². The third kappa shape index (κ3) is 4.85. The van der Waals surface area contributed by atoms with Gasteiger partial charge in [-0.2, -0.15) is 0 Å². The van der Waals surface area contributed by atoms with Crippen molar-refractivity contribution in [1.82, 2.24) is 5.32 Å². The average Bonchev–Trinajstić information content (AvgIpc) is 2.62. The summed E-state index contributed by atoms with van der Waals surface area (Å²) in [7, 11) is 0. The van der Waals surface area contributed by atoms with E-state index in [0.29, 0.717) is 0 Å². The van der Waals surface area contributed by atoms with Crippen molar-refractivity contribution in [2.24, 2.45) is 5.92 Å². The van der Waals surface area contributed by atoms with Gasteiger partial charge in [0.15, 0.2) is 6.17 Å². The highest BCUT2D eigenvalue weighted by atomic mass is 35.5. The highest BCUT2D eigenvalue weighted by Gasteiger charge is 2.55. The maximum Gasteiger partial charge on any atom is 0.319 e. The SMILES string of the molecule is C[C@H]1[C@H]([C@H](O)[C@H](O)CO)OC(C)(F)C(F)[C@@H]1NC(=O)Nc1ccccc1Cl. The van der Waals surface area contributed by atoms with E-state index in [-0.39, 0.29) is 10.7 Å². The molecule has 7 nitrogen and oxygen atoms in total. The Labute approximate surface area is 160 Å². The van der Waals surface area contributed by atoms with Crippen LogP contribution in [0.1, 0.15) is 13.8 Å². The third-order valence-electron chi connectivity index (χ3n) is 4.60. The van der Waals surface area contributed by atoms with E-state index in [9.17, 15) is 23.8 Å². The molecule has 2 rings (SSSR count). The number of benzene rings is 1. The van der Waals surface area contributed by atoms with Crippen LogP contribution in [0.15, 0.2) is 24.3 Å². The highest BCUT2D eigenvalue weighted by molar-refractivity contribution is 6.33. The van der Waals surface area contributed by atoms with Gasteiger partial charge in [0.25, 0.3) is 0 Å². The first kappa shape index (κ1) is 21.8. The molecule has 2 amide bonds. The summed E-state index contributed by atoms with van der Waals surface area (Å²) in [6.07, 6.45) is -6.88. The maximum absolute atomic E-state index is 14.6. The summed E-state index contributed by atoms with van der Waals surface area (Å²) in [6, 6.07) is 4.19. The number of nitrogens with one attached hydrogen (secondary N) is 2. The number of urea groups is 1. The number of rotatable bonds is 5. The lowest BCUT2D eigenvalue weighted by Gasteiger charge is -2.46. The van der Waals surface area contributed by atoms with E-state index in [2.05, 4.69) is 10.6 Å². The molecule has 0 bridgehead atoms. The molecular formula is C17H23ClF2N2O5. The predicted octanol–water partition coefficient (Wildman–Crippen LogP) is 1.60. The molecule has 5 N–H and O–H groups in total. The van der Waals surface area contributed by atoms with Crippen LogP contribution in [0.25, 0.3) is 0 Å². The number of para-hydroxylation sites is 1. The van der Waals surface area contributed by atoms with Crippen LogP contribution >= 0.6 is 11.6 Å². The van der Waals surface area contributed by atoms with E-state index >= 15 is 0 Å². The zero-order valence-electron chi connectivity index (χ0n) is 14.8. The Morgan fingerprint density at radius 1 is 1.41 bits per heavy atom. The number of ether oxygens (including phenoxy) is 1. The van der Waals surface area contributed by atoms with Gasteiger partial charge in [0.1, 0.15) is 12.2 Å². The van der Waals surface area contributed by atoms with Gasteiger partial charge in [-0.25, -0.2) is 13.6 Å². The minimum absolute atomic E-state index is 0.263. The third-order valence-corrected chi connectivity index (χ3v) is 4.93. The molecule has 0 aliphatic carbocycles. The lowest BCUT2D eigenvalue weighted by molar-refractivity contribution is -0.280. The fourth-order valence-corrected chi connectivity index (χ4v) is 3.20. The summed E-state index contributed by atoms with van der Waals surface area (Å²) >= 11 is 5.95. The van der Waals surface area contributed by atoms with E-state index in [1.165, 1.54) is 13.0 Å². The standard InChI is InChI=1S/C17H23ClF2N2O5/c1-8-12(22-16(26)21-10-6-4-3-5-9(10)18)15(19)17(2,20)27-14(8)13(25)11(24)7-23/h3-6,8,11-15,23-25H,7H2,1-2H3,(H2,21,22,26)/t8-,11-,12-,13-,14-,15?,17?/m1/s1. The normalized spacial score (nSPS) is 33.2. The number of amides is 2. The summed E-state index contributed by atoms with van der Waals surface area (Å²) in [5, 5.41) is 33.7. The van der Waals surface area contributed by atoms with Gasteiger partial charge in [-0.15, -0.1) is 0 Å². The summed E-state index contributed by atoms with van der Waals surface area (Å²) in [4.78, 5) is 12.2. The molecule has 0 aromatic heterocycles. The first-order valence-corrected chi connectivity index (χ1v) is 8.76. The molecule has 1 aromatic carbocycles. The van der Waals surface area contributed by atoms with Crippen molar-refractivity contribution in [1.29, 1.82) is 0 Å². The number of aliphatic hydroxyl groups is 3. The minimum Gasteiger partial charge on any atom is -0.394 e. The molecule has 27 heavy (non-hydrogen) atoms. The largest absolute Gasteiger partial charge is 0.394 e.